The molecule has 0 N–H and O–H groups in total. The highest BCUT2D eigenvalue weighted by Gasteiger charge is 2.25. The van der Waals surface area contributed by atoms with E-state index in [2.05, 4.69) is 15.1 Å². The highest BCUT2D eigenvalue weighted by Crippen LogP contribution is 2.23. The summed E-state index contributed by atoms with van der Waals surface area (Å²) in [5.74, 6) is 0. The SMILES string of the molecule is Cc1cccc(Cn2nc(-c3cnc(OCC(F)(F)I)nc3)ccc2=O)c1. The van der Waals surface area contributed by atoms with Gasteiger partial charge >= 0.3 is 9.94 Å². The second-order valence-corrected chi connectivity index (χ2v) is 7.44. The van der Waals surface area contributed by atoms with Gasteiger partial charge in [-0.15, -0.1) is 0 Å². The van der Waals surface area contributed by atoms with E-state index >= 15 is 0 Å². The molecule has 1 aromatic carbocycles. The lowest BCUT2D eigenvalue weighted by molar-refractivity contribution is 0.0603. The standard InChI is InChI=1S/C18H15F2IN4O2/c1-12-3-2-4-13(7-12)10-25-16(26)6-5-15(24-25)14-8-22-17(23-9-14)27-11-18(19,20)21/h2-9H,10-11H2,1H3. The maximum Gasteiger partial charge on any atom is 0.329 e. The van der Waals surface area contributed by atoms with Gasteiger partial charge in [-0.3, -0.25) is 4.79 Å². The molecule has 0 radical (unpaired) electrons. The smallest absolute Gasteiger partial charge is 0.329 e. The van der Waals surface area contributed by atoms with E-state index < -0.39 is 10.5 Å². The van der Waals surface area contributed by atoms with E-state index in [1.165, 1.54) is 23.1 Å². The predicted octanol–water partition coefficient (Wildman–Crippen LogP) is 3.46. The lowest BCUT2D eigenvalue weighted by Crippen LogP contribution is -2.23. The molecule has 9 heteroatoms. The van der Waals surface area contributed by atoms with E-state index in [4.69, 9.17) is 4.74 Å². The van der Waals surface area contributed by atoms with Crippen molar-refractivity contribution in [3.8, 4) is 17.3 Å². The average Bonchev–Trinajstić information content (AvgIpc) is 2.62. The van der Waals surface area contributed by atoms with Gasteiger partial charge in [-0.25, -0.2) is 14.6 Å². The molecule has 0 amide bonds. The lowest BCUT2D eigenvalue weighted by atomic mass is 10.1. The Balaban J connectivity index is 1.80. The first kappa shape index (κ1) is 19.3. The second kappa shape index (κ2) is 8.07. The molecule has 0 spiro atoms. The van der Waals surface area contributed by atoms with Crippen molar-refractivity contribution in [2.45, 2.75) is 17.4 Å². The first-order valence-electron chi connectivity index (χ1n) is 7.96. The molecular weight excluding hydrogens is 469 g/mol. The van der Waals surface area contributed by atoms with Gasteiger partial charge in [0.05, 0.1) is 12.2 Å². The number of nitrogens with zero attached hydrogens (tertiary/aromatic N) is 4. The fraction of sp³-hybridized carbons (Fsp3) is 0.222. The van der Waals surface area contributed by atoms with Crippen molar-refractivity contribution in [1.29, 1.82) is 0 Å². The molecule has 27 heavy (non-hydrogen) atoms. The van der Waals surface area contributed by atoms with Crippen molar-refractivity contribution < 1.29 is 13.5 Å². The second-order valence-electron chi connectivity index (χ2n) is 5.86. The predicted molar refractivity (Wildman–Crippen MR) is 104 cm³/mol. The van der Waals surface area contributed by atoms with Crippen LogP contribution in [0.4, 0.5) is 8.78 Å². The van der Waals surface area contributed by atoms with Crippen molar-refractivity contribution in [3.05, 3.63) is 70.3 Å². The largest absolute Gasteiger partial charge is 0.456 e. The molecule has 2 heterocycles. The zero-order valence-electron chi connectivity index (χ0n) is 14.3. The third-order valence-corrected chi connectivity index (χ3v) is 3.88. The van der Waals surface area contributed by atoms with Crippen molar-refractivity contribution in [2.75, 3.05) is 6.61 Å². The minimum atomic E-state index is -2.99. The van der Waals surface area contributed by atoms with Gasteiger partial charge in [0.1, 0.15) is 0 Å². The Hall–Kier alpha value is -2.43. The molecule has 0 bridgehead atoms. The van der Waals surface area contributed by atoms with Crippen LogP contribution in [0.5, 0.6) is 6.01 Å². The van der Waals surface area contributed by atoms with E-state index in [0.717, 1.165) is 33.7 Å². The van der Waals surface area contributed by atoms with E-state index in [1.54, 1.807) is 6.07 Å². The van der Waals surface area contributed by atoms with E-state index in [1.807, 2.05) is 31.2 Å². The van der Waals surface area contributed by atoms with Gasteiger partial charge in [-0.1, -0.05) is 29.8 Å². The highest BCUT2D eigenvalue weighted by molar-refractivity contribution is 14.1. The Morgan fingerprint density at radius 1 is 1.19 bits per heavy atom. The molecule has 0 saturated carbocycles. The van der Waals surface area contributed by atoms with Gasteiger partial charge in [0.15, 0.2) is 6.61 Å². The maximum atomic E-state index is 12.8. The van der Waals surface area contributed by atoms with Crippen LogP contribution in [-0.4, -0.2) is 30.3 Å². The first-order valence-corrected chi connectivity index (χ1v) is 9.04. The molecule has 0 atom stereocenters. The minimum absolute atomic E-state index is 0.150. The maximum absolute atomic E-state index is 12.8. The van der Waals surface area contributed by atoms with Crippen molar-refractivity contribution in [1.82, 2.24) is 19.7 Å². The van der Waals surface area contributed by atoms with Crippen LogP contribution in [-0.2, 0) is 6.54 Å². The molecular formula is C18H15F2IN4O2. The zero-order valence-corrected chi connectivity index (χ0v) is 16.4. The van der Waals surface area contributed by atoms with Crippen LogP contribution >= 0.6 is 22.6 Å². The summed E-state index contributed by atoms with van der Waals surface area (Å²) in [7, 11) is 0. The molecule has 0 fully saturated rings. The van der Waals surface area contributed by atoms with Gasteiger partial charge in [-0.2, -0.15) is 13.9 Å². The highest BCUT2D eigenvalue weighted by atomic mass is 127. The average molecular weight is 484 g/mol. The number of aromatic nitrogens is 4. The van der Waals surface area contributed by atoms with Gasteiger partial charge in [0.25, 0.3) is 5.56 Å². The minimum Gasteiger partial charge on any atom is -0.456 e. The number of halogens is 3. The summed E-state index contributed by atoms with van der Waals surface area (Å²) in [5.41, 5.74) is 2.86. The summed E-state index contributed by atoms with van der Waals surface area (Å²) >= 11 is 0.981. The number of ether oxygens (including phenoxy) is 1. The van der Waals surface area contributed by atoms with Crippen molar-refractivity contribution >= 4 is 22.6 Å². The number of aryl methyl sites for hydroxylation is 1. The van der Waals surface area contributed by atoms with Crippen LogP contribution in [0.15, 0.2) is 53.6 Å². The lowest BCUT2D eigenvalue weighted by Gasteiger charge is -2.10. The molecule has 0 unspecified atom stereocenters. The van der Waals surface area contributed by atoms with Gasteiger partial charge < -0.3 is 4.74 Å². The number of benzene rings is 1. The Morgan fingerprint density at radius 2 is 1.93 bits per heavy atom. The van der Waals surface area contributed by atoms with E-state index in [-0.39, 0.29) is 11.6 Å². The molecule has 0 aliphatic rings. The first-order chi connectivity index (χ1) is 12.8. The van der Waals surface area contributed by atoms with Crippen LogP contribution in [0.25, 0.3) is 11.3 Å². The number of rotatable bonds is 6. The molecule has 6 nitrogen and oxygen atoms in total. The monoisotopic (exact) mass is 484 g/mol. The van der Waals surface area contributed by atoms with Crippen LogP contribution in [0.3, 0.4) is 0 Å². The Bertz CT molecular complexity index is 988. The van der Waals surface area contributed by atoms with E-state index in [9.17, 15) is 13.6 Å². The molecule has 3 rings (SSSR count). The van der Waals surface area contributed by atoms with Gasteiger partial charge in [0.2, 0.25) is 0 Å². The summed E-state index contributed by atoms with van der Waals surface area (Å²) < 4.78 is 28.8. The van der Waals surface area contributed by atoms with Crippen LogP contribution in [0.2, 0.25) is 0 Å². The number of hydrogen-bond acceptors (Lipinski definition) is 5. The van der Waals surface area contributed by atoms with Gasteiger partial charge in [-0.05, 0) is 18.6 Å². The molecule has 0 saturated heterocycles. The Kier molecular flexibility index (Phi) is 5.78. The topological polar surface area (TPSA) is 69.9 Å². The fourth-order valence-electron chi connectivity index (χ4n) is 2.37. The third kappa shape index (κ3) is 5.52. The molecule has 2 aromatic heterocycles. The van der Waals surface area contributed by atoms with Gasteiger partial charge in [0, 0.05) is 46.6 Å². The van der Waals surface area contributed by atoms with Crippen LogP contribution in [0, 0.1) is 6.92 Å². The summed E-state index contributed by atoms with van der Waals surface area (Å²) in [6.45, 7) is 1.50. The van der Waals surface area contributed by atoms with Crippen LogP contribution < -0.4 is 10.3 Å². The van der Waals surface area contributed by atoms with Crippen molar-refractivity contribution in [2.24, 2.45) is 0 Å². The third-order valence-electron chi connectivity index (χ3n) is 3.57. The molecule has 0 aliphatic carbocycles. The normalized spacial score (nSPS) is 11.4. The quantitative estimate of drug-likeness (QED) is 0.396. The Morgan fingerprint density at radius 3 is 2.59 bits per heavy atom. The Labute approximate surface area is 167 Å². The van der Waals surface area contributed by atoms with Crippen molar-refractivity contribution in [3.63, 3.8) is 0 Å². The molecule has 0 aliphatic heterocycles. The molecule has 3 aromatic rings. The molecule has 140 valence electrons. The number of hydrogen-bond donors (Lipinski definition) is 0. The summed E-state index contributed by atoms with van der Waals surface area (Å²) in [6.07, 6.45) is 2.83. The number of alkyl halides is 3. The fourth-order valence-corrected chi connectivity index (χ4v) is 2.52. The van der Waals surface area contributed by atoms with Crippen LogP contribution in [0.1, 0.15) is 11.1 Å². The summed E-state index contributed by atoms with van der Waals surface area (Å²) in [6, 6.07) is 10.6. The summed E-state index contributed by atoms with van der Waals surface area (Å²) in [4.78, 5) is 19.9. The zero-order chi connectivity index (χ0) is 19.4. The van der Waals surface area contributed by atoms with E-state index in [0.29, 0.717) is 17.8 Å². The summed E-state index contributed by atoms with van der Waals surface area (Å²) in [5, 5.41) is 4.34.